The number of halogens is 3. The highest BCUT2D eigenvalue weighted by atomic mass is 35.6. The molecular weight excluding hydrogens is 401 g/mol. The lowest BCUT2D eigenvalue weighted by molar-refractivity contribution is -0.173. The van der Waals surface area contributed by atoms with Gasteiger partial charge in [0.25, 0.3) is 9.70 Å². The first-order chi connectivity index (χ1) is 11.2. The van der Waals surface area contributed by atoms with E-state index in [0.29, 0.717) is 0 Å². The molecule has 1 aliphatic rings. The third-order valence-electron chi connectivity index (χ3n) is 3.43. The van der Waals surface area contributed by atoms with Crippen LogP contribution < -0.4 is 5.32 Å². The van der Waals surface area contributed by atoms with E-state index in [-0.39, 0.29) is 0 Å². The molecule has 0 spiro atoms. The fourth-order valence-electron chi connectivity index (χ4n) is 2.20. The third kappa shape index (κ3) is 4.89. The average molecular weight is 417 g/mol. The van der Waals surface area contributed by atoms with Crippen molar-refractivity contribution in [3.8, 4) is 0 Å². The Hall–Kier alpha value is -0.250. The number of carbonyl (C=O) groups is 1. The van der Waals surface area contributed by atoms with E-state index in [1.165, 1.54) is 11.8 Å². The maximum atomic E-state index is 11.9. The summed E-state index contributed by atoms with van der Waals surface area (Å²) in [6.07, 6.45) is -3.81. The largest absolute Gasteiger partial charge is 0.394 e. The number of alkyl halides is 3. The molecule has 0 aromatic heterocycles. The molecule has 1 amide bonds. The van der Waals surface area contributed by atoms with Crippen molar-refractivity contribution in [2.45, 2.75) is 38.5 Å². The summed E-state index contributed by atoms with van der Waals surface area (Å²) in [6.45, 7) is -0.491. The quantitative estimate of drug-likeness (QED) is 0.548. The van der Waals surface area contributed by atoms with Crippen LogP contribution in [-0.4, -0.2) is 61.4 Å². The first kappa shape index (κ1) is 20.1. The van der Waals surface area contributed by atoms with Crippen molar-refractivity contribution >= 4 is 52.5 Å². The number of hydrogen-bond donors (Lipinski definition) is 4. The number of ether oxygens (including phenoxy) is 1. The van der Waals surface area contributed by atoms with Gasteiger partial charge in [-0.15, -0.1) is 0 Å². The Kier molecular flexibility index (Phi) is 7.04. The van der Waals surface area contributed by atoms with Gasteiger partial charge in [0.1, 0.15) is 23.7 Å². The molecule has 1 aromatic carbocycles. The number of aliphatic hydroxyl groups excluding tert-OH is 3. The fourth-order valence-corrected chi connectivity index (χ4v) is 3.52. The van der Waals surface area contributed by atoms with E-state index in [9.17, 15) is 20.1 Å². The summed E-state index contributed by atoms with van der Waals surface area (Å²) < 4.78 is 3.39. The number of hydrogen-bond acceptors (Lipinski definition) is 6. The van der Waals surface area contributed by atoms with Crippen molar-refractivity contribution < 1.29 is 24.9 Å². The maximum absolute atomic E-state index is 11.9. The third-order valence-corrected chi connectivity index (χ3v) is 5.13. The van der Waals surface area contributed by atoms with Crippen molar-refractivity contribution in [2.24, 2.45) is 0 Å². The highest BCUT2D eigenvalue weighted by Gasteiger charge is 2.47. The summed E-state index contributed by atoms with van der Waals surface area (Å²) in [7, 11) is 0. The Balaban J connectivity index is 2.22. The zero-order chi connectivity index (χ0) is 17.9. The standard InChI is InChI=1S/C14H16Cl3NO5S/c15-14(16,17)13(22)18-9-11(21)10(20)8(6-19)23-12(9)24-7-4-2-1-3-5-7/h1-5,8-12,19-21H,6H2,(H,18,22)/t8?,9-,10+,11?,12-/m0/s1. The van der Waals surface area contributed by atoms with Crippen LogP contribution in [0.2, 0.25) is 0 Å². The molecule has 5 atom stereocenters. The molecule has 0 saturated carbocycles. The molecule has 134 valence electrons. The van der Waals surface area contributed by atoms with Crippen LogP contribution in [0.3, 0.4) is 0 Å². The number of aliphatic hydroxyl groups is 3. The summed E-state index contributed by atoms with van der Waals surface area (Å²) in [6, 6.07) is 8.05. The van der Waals surface area contributed by atoms with Crippen LogP contribution in [0, 0.1) is 0 Å². The second-order valence-electron chi connectivity index (χ2n) is 5.13. The van der Waals surface area contributed by atoms with Crippen molar-refractivity contribution in [3.63, 3.8) is 0 Å². The van der Waals surface area contributed by atoms with Gasteiger partial charge < -0.3 is 25.4 Å². The van der Waals surface area contributed by atoms with Gasteiger partial charge in [0.05, 0.1) is 12.6 Å². The molecule has 1 saturated heterocycles. The lowest BCUT2D eigenvalue weighted by Crippen LogP contribution is -2.64. The molecule has 1 heterocycles. The normalized spacial score (nSPS) is 30.8. The highest BCUT2D eigenvalue weighted by Crippen LogP contribution is 2.34. The number of carbonyl (C=O) groups excluding carboxylic acids is 1. The monoisotopic (exact) mass is 415 g/mol. The molecule has 1 aromatic rings. The predicted molar refractivity (Wildman–Crippen MR) is 92.3 cm³/mol. The molecule has 1 aliphatic heterocycles. The molecule has 6 nitrogen and oxygen atoms in total. The van der Waals surface area contributed by atoms with Gasteiger partial charge in [-0.25, -0.2) is 0 Å². The van der Waals surface area contributed by atoms with Crippen molar-refractivity contribution in [1.29, 1.82) is 0 Å². The predicted octanol–water partition coefficient (Wildman–Crippen LogP) is 1.07. The van der Waals surface area contributed by atoms with E-state index >= 15 is 0 Å². The SMILES string of the molecule is O=C(N[C@H]1C(O)[C@H](O)C(CO)O[C@H]1Sc1ccccc1)C(Cl)(Cl)Cl. The lowest BCUT2D eigenvalue weighted by Gasteiger charge is -2.42. The molecule has 0 radical (unpaired) electrons. The van der Waals surface area contributed by atoms with E-state index in [1.54, 1.807) is 0 Å². The topological polar surface area (TPSA) is 99.0 Å². The number of nitrogens with one attached hydrogen (secondary N) is 1. The lowest BCUT2D eigenvalue weighted by atomic mass is 9.98. The van der Waals surface area contributed by atoms with E-state index in [1.807, 2.05) is 30.3 Å². The Morgan fingerprint density at radius 3 is 2.38 bits per heavy atom. The Morgan fingerprint density at radius 2 is 1.83 bits per heavy atom. The second-order valence-corrected chi connectivity index (χ2v) is 8.59. The summed E-state index contributed by atoms with van der Waals surface area (Å²) >= 11 is 17.8. The van der Waals surface area contributed by atoms with Crippen molar-refractivity contribution in [3.05, 3.63) is 30.3 Å². The Bertz CT molecular complexity index is 559. The minimum absolute atomic E-state index is 0.491. The number of amides is 1. The molecule has 1 fully saturated rings. The average Bonchev–Trinajstić information content (AvgIpc) is 2.54. The van der Waals surface area contributed by atoms with E-state index in [0.717, 1.165) is 4.90 Å². The number of benzene rings is 1. The highest BCUT2D eigenvalue weighted by molar-refractivity contribution is 7.99. The first-order valence-electron chi connectivity index (χ1n) is 6.96. The summed E-state index contributed by atoms with van der Waals surface area (Å²) in [5, 5.41) is 32.0. The molecule has 0 bridgehead atoms. The minimum Gasteiger partial charge on any atom is -0.394 e. The van der Waals surface area contributed by atoms with E-state index < -0.39 is 46.1 Å². The first-order valence-corrected chi connectivity index (χ1v) is 8.97. The summed E-state index contributed by atoms with van der Waals surface area (Å²) in [4.78, 5) is 12.7. The van der Waals surface area contributed by atoms with Crippen LogP contribution in [0.25, 0.3) is 0 Å². The van der Waals surface area contributed by atoms with Crippen LogP contribution in [0.15, 0.2) is 35.2 Å². The molecule has 2 unspecified atom stereocenters. The fraction of sp³-hybridized carbons (Fsp3) is 0.500. The molecule has 24 heavy (non-hydrogen) atoms. The Morgan fingerprint density at radius 1 is 1.21 bits per heavy atom. The van der Waals surface area contributed by atoms with Gasteiger partial charge >= 0.3 is 0 Å². The van der Waals surface area contributed by atoms with Crippen LogP contribution in [0.4, 0.5) is 0 Å². The zero-order valence-corrected chi connectivity index (χ0v) is 15.3. The number of rotatable bonds is 4. The number of thioether (sulfide) groups is 1. The molecule has 0 aliphatic carbocycles. The Labute approximate surface area is 158 Å². The van der Waals surface area contributed by atoms with Gasteiger partial charge in [0.2, 0.25) is 0 Å². The molecule has 2 rings (SSSR count). The van der Waals surface area contributed by atoms with Crippen molar-refractivity contribution in [2.75, 3.05) is 6.61 Å². The van der Waals surface area contributed by atoms with Crippen LogP contribution in [-0.2, 0) is 9.53 Å². The van der Waals surface area contributed by atoms with E-state index in [2.05, 4.69) is 5.32 Å². The minimum atomic E-state index is -2.22. The van der Waals surface area contributed by atoms with Gasteiger partial charge in [0, 0.05) is 4.90 Å². The van der Waals surface area contributed by atoms with Crippen molar-refractivity contribution in [1.82, 2.24) is 5.32 Å². The van der Waals surface area contributed by atoms with Gasteiger partial charge in [-0.3, -0.25) is 4.79 Å². The molecular formula is C14H16Cl3NO5S. The van der Waals surface area contributed by atoms with Gasteiger partial charge in [-0.1, -0.05) is 64.8 Å². The van der Waals surface area contributed by atoms with Gasteiger partial charge in [0.15, 0.2) is 0 Å². The van der Waals surface area contributed by atoms with Gasteiger partial charge in [-0.05, 0) is 12.1 Å². The van der Waals surface area contributed by atoms with E-state index in [4.69, 9.17) is 39.5 Å². The second kappa shape index (κ2) is 8.42. The zero-order valence-electron chi connectivity index (χ0n) is 12.2. The maximum Gasteiger partial charge on any atom is 0.272 e. The van der Waals surface area contributed by atoms with Gasteiger partial charge in [-0.2, -0.15) is 0 Å². The summed E-state index contributed by atoms with van der Waals surface area (Å²) in [5.74, 6) is -0.950. The molecule has 4 N–H and O–H groups in total. The molecule has 10 heteroatoms. The smallest absolute Gasteiger partial charge is 0.272 e. The summed E-state index contributed by atoms with van der Waals surface area (Å²) in [5.41, 5.74) is -0.806. The van der Waals surface area contributed by atoms with Crippen LogP contribution >= 0.6 is 46.6 Å². The van der Waals surface area contributed by atoms with Crippen LogP contribution in [0.1, 0.15) is 0 Å². The van der Waals surface area contributed by atoms with Crippen LogP contribution in [0.5, 0.6) is 0 Å².